The second-order valence-corrected chi connectivity index (χ2v) is 2.83. The fourth-order valence-electron chi connectivity index (χ4n) is 1.21. The number of aromatic hydroxyl groups is 2. The number of rotatable bonds is 3. The molecule has 0 aromatic heterocycles. The van der Waals surface area contributed by atoms with Crippen LogP contribution in [-0.2, 0) is 0 Å². The summed E-state index contributed by atoms with van der Waals surface area (Å²) >= 11 is 0. The molecule has 0 amide bonds. The molecule has 72 valence electrons. The highest BCUT2D eigenvalue weighted by atomic mass is 16.5. The highest BCUT2D eigenvalue weighted by Gasteiger charge is 2.12. The van der Waals surface area contributed by atoms with E-state index in [0.29, 0.717) is 12.0 Å². The maximum Gasteiger partial charge on any atom is 0.124 e. The Bertz CT molecular complexity index is 284. The van der Waals surface area contributed by atoms with E-state index in [0.717, 1.165) is 0 Å². The molecule has 0 heterocycles. The van der Waals surface area contributed by atoms with Crippen LogP contribution >= 0.6 is 0 Å². The van der Waals surface area contributed by atoms with E-state index in [9.17, 15) is 5.11 Å². The van der Waals surface area contributed by atoms with Crippen LogP contribution in [0.5, 0.6) is 11.5 Å². The Hall–Kier alpha value is -1.26. The zero-order valence-corrected chi connectivity index (χ0v) is 7.36. The summed E-state index contributed by atoms with van der Waals surface area (Å²) in [4.78, 5) is 0. The van der Waals surface area contributed by atoms with Crippen LogP contribution in [0.2, 0.25) is 0 Å². The molecule has 1 aromatic rings. The Morgan fingerprint density at radius 1 is 1.38 bits per heavy atom. The molecule has 0 radical (unpaired) electrons. The van der Waals surface area contributed by atoms with Gasteiger partial charge in [-0.1, -0.05) is 6.92 Å². The maximum atomic E-state index is 9.41. The first-order valence-corrected chi connectivity index (χ1v) is 4.10. The Morgan fingerprint density at radius 2 is 2.08 bits per heavy atom. The quantitative estimate of drug-likeness (QED) is 0.536. The summed E-state index contributed by atoms with van der Waals surface area (Å²) in [7, 11) is 0. The summed E-state index contributed by atoms with van der Waals surface area (Å²) < 4.78 is 0. The van der Waals surface area contributed by atoms with Gasteiger partial charge in [-0.25, -0.2) is 0 Å². The second-order valence-electron chi connectivity index (χ2n) is 2.83. The summed E-state index contributed by atoms with van der Waals surface area (Å²) in [6, 6.07) is 3.98. The Balaban J connectivity index is 2.99. The van der Waals surface area contributed by atoms with E-state index in [4.69, 9.17) is 10.3 Å². The highest BCUT2D eigenvalue weighted by molar-refractivity contribution is 5.40. The van der Waals surface area contributed by atoms with Crippen molar-refractivity contribution in [1.29, 1.82) is 0 Å². The summed E-state index contributed by atoms with van der Waals surface area (Å²) in [6.45, 7) is 1.88. The fraction of sp³-hybridized carbons (Fsp3) is 0.333. The third kappa shape index (κ3) is 2.11. The Morgan fingerprint density at radius 3 is 2.54 bits per heavy atom. The molecule has 0 aliphatic carbocycles. The molecular formula is C9H13NO3. The number of hydrogen-bond acceptors (Lipinski definition) is 4. The molecule has 4 heteroatoms. The largest absolute Gasteiger partial charge is 0.508 e. The molecule has 0 bridgehead atoms. The van der Waals surface area contributed by atoms with Gasteiger partial charge in [0, 0.05) is 11.6 Å². The lowest BCUT2D eigenvalue weighted by atomic mass is 10.0. The Labute approximate surface area is 76.4 Å². The average Bonchev–Trinajstić information content (AvgIpc) is 2.10. The number of nitrogens with one attached hydrogen (secondary N) is 1. The molecule has 13 heavy (non-hydrogen) atoms. The van der Waals surface area contributed by atoms with E-state index in [-0.39, 0.29) is 17.5 Å². The van der Waals surface area contributed by atoms with Gasteiger partial charge in [0.25, 0.3) is 0 Å². The van der Waals surface area contributed by atoms with Crippen LogP contribution in [-0.4, -0.2) is 15.4 Å². The first-order valence-electron chi connectivity index (χ1n) is 4.10. The molecule has 1 rings (SSSR count). The number of hydrogen-bond donors (Lipinski definition) is 4. The monoisotopic (exact) mass is 183 g/mol. The summed E-state index contributed by atoms with van der Waals surface area (Å²) in [5.74, 6) is -0.0116. The highest BCUT2D eigenvalue weighted by Crippen LogP contribution is 2.28. The average molecular weight is 183 g/mol. The summed E-state index contributed by atoms with van der Waals surface area (Å²) in [6.07, 6.45) is 0.648. The van der Waals surface area contributed by atoms with Crippen molar-refractivity contribution in [2.75, 3.05) is 0 Å². The molecule has 0 spiro atoms. The van der Waals surface area contributed by atoms with Gasteiger partial charge in [-0.05, 0) is 18.6 Å². The third-order valence-electron chi connectivity index (χ3n) is 1.95. The number of phenols is 2. The predicted octanol–water partition coefficient (Wildman–Crippen LogP) is 1.53. The molecule has 0 aliphatic heterocycles. The molecule has 4 nitrogen and oxygen atoms in total. The van der Waals surface area contributed by atoms with Gasteiger partial charge in [0.05, 0.1) is 6.04 Å². The van der Waals surface area contributed by atoms with Crippen molar-refractivity contribution in [2.24, 2.45) is 0 Å². The molecule has 0 unspecified atom stereocenters. The van der Waals surface area contributed by atoms with Gasteiger partial charge in [0.2, 0.25) is 0 Å². The zero-order chi connectivity index (χ0) is 9.84. The molecule has 4 N–H and O–H groups in total. The lowest BCUT2D eigenvalue weighted by Gasteiger charge is -2.14. The van der Waals surface area contributed by atoms with E-state index < -0.39 is 0 Å². The maximum absolute atomic E-state index is 9.41. The van der Waals surface area contributed by atoms with Gasteiger partial charge in [0.15, 0.2) is 0 Å². The van der Waals surface area contributed by atoms with E-state index in [1.54, 1.807) is 6.07 Å². The molecular weight excluding hydrogens is 170 g/mol. The van der Waals surface area contributed by atoms with Crippen LogP contribution < -0.4 is 5.48 Å². The van der Waals surface area contributed by atoms with Crippen LogP contribution in [0.4, 0.5) is 0 Å². The Kier molecular flexibility index (Phi) is 3.11. The standard InChI is InChI=1S/C9H13NO3/c1-2-8(10-13)7-4-3-6(11)5-9(7)12/h3-5,8,10-13H,2H2,1H3/t8-/m0/s1. The number of hydroxylamine groups is 1. The summed E-state index contributed by atoms with van der Waals surface area (Å²) in [5.41, 5.74) is 2.66. The van der Waals surface area contributed by atoms with E-state index in [1.165, 1.54) is 12.1 Å². The van der Waals surface area contributed by atoms with Crippen LogP contribution in [0.25, 0.3) is 0 Å². The van der Waals surface area contributed by atoms with Crippen molar-refractivity contribution < 1.29 is 15.4 Å². The first kappa shape index (κ1) is 9.83. The molecule has 0 fully saturated rings. The lowest BCUT2D eigenvalue weighted by Crippen LogP contribution is -2.15. The topological polar surface area (TPSA) is 72.7 Å². The van der Waals surface area contributed by atoms with Crippen molar-refractivity contribution in [3.63, 3.8) is 0 Å². The van der Waals surface area contributed by atoms with Crippen molar-refractivity contribution in [3.8, 4) is 11.5 Å². The molecule has 0 saturated heterocycles. The van der Waals surface area contributed by atoms with Crippen LogP contribution in [0.3, 0.4) is 0 Å². The van der Waals surface area contributed by atoms with Crippen molar-refractivity contribution >= 4 is 0 Å². The van der Waals surface area contributed by atoms with Crippen LogP contribution in [0.15, 0.2) is 18.2 Å². The minimum Gasteiger partial charge on any atom is -0.508 e. The van der Waals surface area contributed by atoms with Crippen molar-refractivity contribution in [2.45, 2.75) is 19.4 Å². The lowest BCUT2D eigenvalue weighted by molar-refractivity contribution is 0.123. The van der Waals surface area contributed by atoms with Gasteiger partial charge in [0.1, 0.15) is 11.5 Å². The van der Waals surface area contributed by atoms with Crippen molar-refractivity contribution in [1.82, 2.24) is 5.48 Å². The third-order valence-corrected chi connectivity index (χ3v) is 1.95. The predicted molar refractivity (Wildman–Crippen MR) is 47.7 cm³/mol. The summed E-state index contributed by atoms with van der Waals surface area (Å²) in [5, 5.41) is 27.2. The van der Waals surface area contributed by atoms with Crippen LogP contribution in [0.1, 0.15) is 24.9 Å². The number of phenolic OH excluding ortho intramolecular Hbond substituents is 2. The molecule has 0 aliphatic rings. The SMILES string of the molecule is CC[C@H](NO)c1ccc(O)cc1O. The molecule has 0 saturated carbocycles. The minimum atomic E-state index is -0.305. The first-order chi connectivity index (χ1) is 6.19. The van der Waals surface area contributed by atoms with Crippen LogP contribution in [0, 0.1) is 0 Å². The van der Waals surface area contributed by atoms with E-state index in [2.05, 4.69) is 5.48 Å². The molecule has 1 atom stereocenters. The number of benzene rings is 1. The van der Waals surface area contributed by atoms with Gasteiger partial charge < -0.3 is 15.4 Å². The van der Waals surface area contributed by atoms with Gasteiger partial charge in [-0.3, -0.25) is 0 Å². The zero-order valence-electron chi connectivity index (χ0n) is 7.36. The van der Waals surface area contributed by atoms with Gasteiger partial charge in [-0.15, -0.1) is 0 Å². The normalized spacial score (nSPS) is 12.8. The minimum absolute atomic E-state index is 0.00837. The molecule has 1 aromatic carbocycles. The van der Waals surface area contributed by atoms with E-state index in [1.807, 2.05) is 6.92 Å². The fourth-order valence-corrected chi connectivity index (χ4v) is 1.21. The van der Waals surface area contributed by atoms with E-state index >= 15 is 0 Å². The smallest absolute Gasteiger partial charge is 0.124 e. The van der Waals surface area contributed by atoms with Gasteiger partial charge in [-0.2, -0.15) is 5.48 Å². The second kappa shape index (κ2) is 4.11. The van der Waals surface area contributed by atoms with Gasteiger partial charge >= 0.3 is 0 Å². The van der Waals surface area contributed by atoms with Crippen molar-refractivity contribution in [3.05, 3.63) is 23.8 Å².